The number of hydrogen-bond acceptors (Lipinski definition) is 6. The molecule has 23 heavy (non-hydrogen) atoms. The fourth-order valence-electron chi connectivity index (χ4n) is 3.72. The maximum Gasteiger partial charge on any atom is 0.304 e. The standard InChI is InChI=1S/C15H19N5O3/c1-8-16-13-12(19(8)7-23-9(2)21)14(22)18(3)15-17-10-5-4-6-11(10)20(13)15/h10-11H,4-7H2,1-3H3/t10-,11+/m1/s1. The molecule has 1 fully saturated rings. The van der Waals surface area contributed by atoms with Crippen LogP contribution in [0, 0.1) is 6.92 Å². The molecular formula is C15H19N5O3. The van der Waals surface area contributed by atoms with Gasteiger partial charge in [-0.25, -0.2) is 9.98 Å². The fourth-order valence-corrected chi connectivity index (χ4v) is 3.72. The summed E-state index contributed by atoms with van der Waals surface area (Å²) in [6, 6.07) is 0.515. The van der Waals surface area contributed by atoms with Gasteiger partial charge in [0.1, 0.15) is 5.82 Å². The normalized spacial score (nSPS) is 25.2. The van der Waals surface area contributed by atoms with Gasteiger partial charge in [-0.3, -0.25) is 24.0 Å². The van der Waals surface area contributed by atoms with E-state index in [0.29, 0.717) is 23.3 Å². The van der Waals surface area contributed by atoms with Crippen LogP contribution in [0.2, 0.25) is 0 Å². The zero-order chi connectivity index (χ0) is 16.3. The highest BCUT2D eigenvalue weighted by atomic mass is 16.5. The number of imidazole rings is 1. The lowest BCUT2D eigenvalue weighted by molar-refractivity contribution is -0.144. The lowest BCUT2D eigenvalue weighted by Crippen LogP contribution is -2.51. The molecule has 2 atom stereocenters. The highest BCUT2D eigenvalue weighted by Gasteiger charge is 2.48. The van der Waals surface area contributed by atoms with Crippen LogP contribution in [0.5, 0.6) is 0 Å². The molecule has 1 aromatic rings. The van der Waals surface area contributed by atoms with Gasteiger partial charge < -0.3 is 4.74 Å². The molecule has 1 aromatic heterocycles. The molecule has 0 bridgehead atoms. The number of esters is 1. The molecule has 0 saturated heterocycles. The molecule has 0 N–H and O–H groups in total. The van der Waals surface area contributed by atoms with Gasteiger partial charge in [0.15, 0.2) is 18.2 Å². The molecule has 0 aromatic carbocycles. The molecule has 4 rings (SSSR count). The summed E-state index contributed by atoms with van der Waals surface area (Å²) in [5.74, 6) is 1.44. The Balaban J connectivity index is 1.81. The summed E-state index contributed by atoms with van der Waals surface area (Å²) in [5.41, 5.74) is 0.470. The van der Waals surface area contributed by atoms with E-state index in [9.17, 15) is 9.59 Å². The van der Waals surface area contributed by atoms with Crippen LogP contribution >= 0.6 is 0 Å². The second-order valence-electron chi connectivity index (χ2n) is 6.25. The third-order valence-electron chi connectivity index (χ3n) is 4.84. The first kappa shape index (κ1) is 14.2. The van der Waals surface area contributed by atoms with E-state index >= 15 is 0 Å². The number of aromatic nitrogens is 2. The average Bonchev–Trinajstić information content (AvgIpc) is 3.14. The summed E-state index contributed by atoms with van der Waals surface area (Å²) in [4.78, 5) is 36.9. The quantitative estimate of drug-likeness (QED) is 0.757. The summed E-state index contributed by atoms with van der Waals surface area (Å²) < 4.78 is 6.74. The second kappa shape index (κ2) is 4.81. The highest BCUT2D eigenvalue weighted by Crippen LogP contribution is 2.40. The van der Waals surface area contributed by atoms with Gasteiger partial charge in [-0.15, -0.1) is 0 Å². The van der Waals surface area contributed by atoms with E-state index in [1.54, 1.807) is 16.5 Å². The van der Waals surface area contributed by atoms with Crippen molar-refractivity contribution in [2.45, 2.75) is 51.9 Å². The number of fused-ring (bicyclic) bond motifs is 5. The van der Waals surface area contributed by atoms with Gasteiger partial charge in [-0.05, 0) is 26.2 Å². The van der Waals surface area contributed by atoms with Crippen molar-refractivity contribution in [3.63, 3.8) is 0 Å². The topological polar surface area (TPSA) is 80.0 Å². The summed E-state index contributed by atoms with van der Waals surface area (Å²) in [5, 5.41) is 0. The number of carbonyl (C=O) groups excluding carboxylic acids is 2. The summed E-state index contributed by atoms with van der Waals surface area (Å²) in [6.07, 6.45) is 3.24. The molecular weight excluding hydrogens is 298 g/mol. The number of carbonyl (C=O) groups is 2. The zero-order valence-electron chi connectivity index (χ0n) is 13.4. The van der Waals surface area contributed by atoms with Crippen LogP contribution in [-0.2, 0) is 16.3 Å². The number of anilines is 1. The number of nitrogens with zero attached hydrogens (tertiary/aromatic N) is 5. The number of aryl methyl sites for hydroxylation is 1. The highest BCUT2D eigenvalue weighted by molar-refractivity contribution is 6.18. The van der Waals surface area contributed by atoms with Crippen LogP contribution in [0.25, 0.3) is 0 Å². The third-order valence-corrected chi connectivity index (χ3v) is 4.84. The number of guanidine groups is 1. The summed E-state index contributed by atoms with van der Waals surface area (Å²) in [7, 11) is 1.73. The lowest BCUT2D eigenvalue weighted by Gasteiger charge is -2.34. The first-order valence-electron chi connectivity index (χ1n) is 7.84. The molecule has 1 aliphatic carbocycles. The number of hydrogen-bond donors (Lipinski definition) is 0. The SMILES string of the molecule is CC(=O)OCn1c(C)nc2c1C(=O)N(C)C1=N[C@@H]3CCC[C@@H]3N12. The van der Waals surface area contributed by atoms with E-state index in [-0.39, 0.29) is 30.7 Å². The Bertz CT molecular complexity index is 738. The minimum atomic E-state index is -0.386. The minimum absolute atomic E-state index is 0.00249. The molecule has 0 spiro atoms. The fraction of sp³-hybridized carbons (Fsp3) is 0.600. The largest absolute Gasteiger partial charge is 0.444 e. The van der Waals surface area contributed by atoms with Crippen molar-refractivity contribution >= 4 is 23.7 Å². The summed E-state index contributed by atoms with van der Waals surface area (Å²) >= 11 is 0. The van der Waals surface area contributed by atoms with Crippen molar-refractivity contribution in [1.29, 1.82) is 0 Å². The van der Waals surface area contributed by atoms with Crippen molar-refractivity contribution in [3.05, 3.63) is 11.5 Å². The van der Waals surface area contributed by atoms with E-state index in [1.165, 1.54) is 6.92 Å². The summed E-state index contributed by atoms with van der Waals surface area (Å²) in [6.45, 7) is 3.16. The Labute approximate surface area is 133 Å². The Morgan fingerprint density at radius 1 is 1.39 bits per heavy atom. The predicted molar refractivity (Wildman–Crippen MR) is 82.2 cm³/mol. The van der Waals surface area contributed by atoms with Gasteiger partial charge in [0, 0.05) is 14.0 Å². The monoisotopic (exact) mass is 317 g/mol. The average molecular weight is 317 g/mol. The molecule has 1 amide bonds. The molecule has 3 aliphatic rings. The molecule has 122 valence electrons. The van der Waals surface area contributed by atoms with Gasteiger partial charge >= 0.3 is 5.97 Å². The molecule has 0 unspecified atom stereocenters. The number of ether oxygens (including phenoxy) is 1. The van der Waals surface area contributed by atoms with Crippen LogP contribution < -0.4 is 4.90 Å². The maximum atomic E-state index is 12.8. The van der Waals surface area contributed by atoms with E-state index in [2.05, 4.69) is 9.88 Å². The van der Waals surface area contributed by atoms with Gasteiger partial charge in [0.25, 0.3) is 5.91 Å². The van der Waals surface area contributed by atoms with Crippen LogP contribution in [-0.4, -0.2) is 51.4 Å². The smallest absolute Gasteiger partial charge is 0.304 e. The van der Waals surface area contributed by atoms with Crippen LogP contribution in [0.15, 0.2) is 4.99 Å². The van der Waals surface area contributed by atoms with Crippen LogP contribution in [0.4, 0.5) is 5.82 Å². The van der Waals surface area contributed by atoms with Gasteiger partial charge in [-0.1, -0.05) is 0 Å². The number of rotatable bonds is 2. The van der Waals surface area contributed by atoms with Gasteiger partial charge in [0.2, 0.25) is 5.96 Å². The minimum Gasteiger partial charge on any atom is -0.444 e. The first-order chi connectivity index (χ1) is 11.0. The third kappa shape index (κ3) is 1.90. The zero-order valence-corrected chi connectivity index (χ0v) is 13.4. The lowest BCUT2D eigenvalue weighted by atomic mass is 10.1. The molecule has 2 aliphatic heterocycles. The molecule has 8 nitrogen and oxygen atoms in total. The van der Waals surface area contributed by atoms with E-state index in [0.717, 1.165) is 19.3 Å². The molecule has 1 saturated carbocycles. The number of amides is 1. The van der Waals surface area contributed by atoms with Crippen molar-refractivity contribution in [2.75, 3.05) is 11.9 Å². The molecule has 3 heterocycles. The Morgan fingerprint density at radius 2 is 2.17 bits per heavy atom. The first-order valence-corrected chi connectivity index (χ1v) is 7.84. The van der Waals surface area contributed by atoms with Crippen LogP contribution in [0.3, 0.4) is 0 Å². The Kier molecular flexibility index (Phi) is 2.97. The van der Waals surface area contributed by atoms with E-state index in [4.69, 9.17) is 9.73 Å². The molecule has 8 heteroatoms. The van der Waals surface area contributed by atoms with Crippen molar-refractivity contribution in [3.8, 4) is 0 Å². The van der Waals surface area contributed by atoms with E-state index in [1.807, 2.05) is 6.92 Å². The second-order valence-corrected chi connectivity index (χ2v) is 6.25. The van der Waals surface area contributed by atoms with Crippen LogP contribution in [0.1, 0.15) is 42.5 Å². The predicted octanol–water partition coefficient (Wildman–Crippen LogP) is 0.895. The van der Waals surface area contributed by atoms with Gasteiger partial charge in [-0.2, -0.15) is 0 Å². The van der Waals surface area contributed by atoms with Crippen molar-refractivity contribution in [1.82, 2.24) is 14.5 Å². The maximum absolute atomic E-state index is 12.8. The Morgan fingerprint density at radius 3 is 2.91 bits per heavy atom. The molecule has 0 radical (unpaired) electrons. The van der Waals surface area contributed by atoms with Crippen molar-refractivity contribution in [2.24, 2.45) is 4.99 Å². The van der Waals surface area contributed by atoms with Crippen molar-refractivity contribution < 1.29 is 14.3 Å². The number of aliphatic imine (C=N–C) groups is 1. The van der Waals surface area contributed by atoms with Gasteiger partial charge in [0.05, 0.1) is 12.1 Å². The van der Waals surface area contributed by atoms with E-state index < -0.39 is 0 Å². The Hall–Kier alpha value is -2.38.